The summed E-state index contributed by atoms with van der Waals surface area (Å²) < 4.78 is 44.6. The van der Waals surface area contributed by atoms with Gasteiger partial charge in [0.2, 0.25) is 0 Å². The van der Waals surface area contributed by atoms with E-state index in [1.807, 2.05) is 6.07 Å². The normalized spacial score (nSPS) is 11.2. The summed E-state index contributed by atoms with van der Waals surface area (Å²) in [5.41, 5.74) is 3.41. The van der Waals surface area contributed by atoms with Crippen LogP contribution in [0.15, 0.2) is 71.8 Å². The smallest absolute Gasteiger partial charge is 0.418 e. The van der Waals surface area contributed by atoms with Gasteiger partial charge in [-0.3, -0.25) is 14.4 Å². The molecular formula is C26H23F3N4O4. The number of ether oxygens (including phenoxy) is 1. The maximum Gasteiger partial charge on any atom is 0.418 e. The van der Waals surface area contributed by atoms with Crippen LogP contribution in [0.1, 0.15) is 22.3 Å². The Morgan fingerprint density at radius 3 is 2.27 bits per heavy atom. The van der Waals surface area contributed by atoms with Crippen LogP contribution in [0.4, 0.5) is 24.5 Å². The maximum atomic E-state index is 13.1. The van der Waals surface area contributed by atoms with E-state index in [-0.39, 0.29) is 11.4 Å². The van der Waals surface area contributed by atoms with Gasteiger partial charge in [-0.2, -0.15) is 18.3 Å². The number of anilines is 2. The second kappa shape index (κ2) is 11.8. The first-order valence-electron chi connectivity index (χ1n) is 10.9. The highest BCUT2D eigenvalue weighted by Gasteiger charge is 2.33. The third-order valence-electron chi connectivity index (χ3n) is 5.04. The van der Waals surface area contributed by atoms with Crippen molar-refractivity contribution < 1.29 is 32.3 Å². The minimum atomic E-state index is -4.62. The molecule has 0 aliphatic rings. The Bertz CT molecular complexity index is 1320. The van der Waals surface area contributed by atoms with Crippen molar-refractivity contribution >= 4 is 35.3 Å². The molecule has 11 heteroatoms. The number of hydrogen-bond acceptors (Lipinski definition) is 5. The molecule has 37 heavy (non-hydrogen) atoms. The number of nitrogens with one attached hydrogen (secondary N) is 3. The van der Waals surface area contributed by atoms with Crippen molar-refractivity contribution in [2.75, 3.05) is 17.2 Å². The molecule has 3 N–H and O–H groups in total. The van der Waals surface area contributed by atoms with E-state index >= 15 is 0 Å². The number of hydrogen-bond donors (Lipinski definition) is 3. The molecular weight excluding hydrogens is 489 g/mol. The molecule has 0 radical (unpaired) electrons. The number of carbonyl (C=O) groups is 3. The van der Waals surface area contributed by atoms with E-state index in [1.54, 1.807) is 38.1 Å². The summed E-state index contributed by atoms with van der Waals surface area (Å²) in [6.45, 7) is 3.07. The van der Waals surface area contributed by atoms with E-state index in [1.165, 1.54) is 30.5 Å². The first-order valence-corrected chi connectivity index (χ1v) is 10.9. The standard InChI is InChI=1S/C26H23F3N4O4/c1-16-7-5-8-17(2)23(16)32-24(35)25(36)33-30-14-18-9-6-10-19(13-18)37-15-22(34)31-21-12-4-3-11-20(21)26(27,28)29/h3-14H,15H2,1-2H3,(H,31,34)(H,32,35)(H,33,36)/b30-14-. The van der Waals surface area contributed by atoms with Crippen LogP contribution in [0.25, 0.3) is 0 Å². The molecule has 0 fully saturated rings. The Kier molecular flexibility index (Phi) is 8.62. The van der Waals surface area contributed by atoms with Gasteiger partial charge in [0.05, 0.1) is 17.5 Å². The molecule has 0 heterocycles. The summed E-state index contributed by atoms with van der Waals surface area (Å²) in [6.07, 6.45) is -3.36. The minimum Gasteiger partial charge on any atom is -0.484 e. The van der Waals surface area contributed by atoms with E-state index < -0.39 is 36.1 Å². The van der Waals surface area contributed by atoms with Gasteiger partial charge < -0.3 is 15.4 Å². The Labute approximate surface area is 210 Å². The lowest BCUT2D eigenvalue weighted by Crippen LogP contribution is -2.32. The van der Waals surface area contributed by atoms with E-state index in [9.17, 15) is 27.6 Å². The number of nitrogens with zero attached hydrogens (tertiary/aromatic N) is 1. The van der Waals surface area contributed by atoms with E-state index in [4.69, 9.17) is 4.74 Å². The van der Waals surface area contributed by atoms with Crippen molar-refractivity contribution in [2.45, 2.75) is 20.0 Å². The third-order valence-corrected chi connectivity index (χ3v) is 5.04. The second-order valence-corrected chi connectivity index (χ2v) is 7.87. The Morgan fingerprint density at radius 1 is 0.892 bits per heavy atom. The molecule has 0 spiro atoms. The van der Waals surface area contributed by atoms with Crippen molar-refractivity contribution in [2.24, 2.45) is 5.10 Å². The average molecular weight is 512 g/mol. The summed E-state index contributed by atoms with van der Waals surface area (Å²) in [4.78, 5) is 36.3. The van der Waals surface area contributed by atoms with Crippen molar-refractivity contribution in [3.8, 4) is 5.75 Å². The van der Waals surface area contributed by atoms with Gasteiger partial charge in [0.15, 0.2) is 6.61 Å². The summed E-state index contributed by atoms with van der Waals surface area (Å²) in [5, 5.41) is 8.48. The van der Waals surface area contributed by atoms with Crippen molar-refractivity contribution in [1.82, 2.24) is 5.43 Å². The fourth-order valence-corrected chi connectivity index (χ4v) is 3.26. The maximum absolute atomic E-state index is 13.1. The van der Waals surface area contributed by atoms with Crippen LogP contribution < -0.4 is 20.8 Å². The van der Waals surface area contributed by atoms with Gasteiger partial charge >= 0.3 is 18.0 Å². The van der Waals surface area contributed by atoms with Gasteiger partial charge in [-0.25, -0.2) is 5.43 Å². The molecule has 0 bridgehead atoms. The summed E-state index contributed by atoms with van der Waals surface area (Å²) >= 11 is 0. The Morgan fingerprint density at radius 2 is 1.57 bits per heavy atom. The average Bonchev–Trinajstić information content (AvgIpc) is 2.85. The molecule has 0 aliphatic heterocycles. The zero-order valence-electron chi connectivity index (χ0n) is 19.8. The summed E-state index contributed by atoms with van der Waals surface area (Å²) in [7, 11) is 0. The van der Waals surface area contributed by atoms with Crippen LogP contribution >= 0.6 is 0 Å². The van der Waals surface area contributed by atoms with Gasteiger partial charge in [-0.1, -0.05) is 42.5 Å². The van der Waals surface area contributed by atoms with Gasteiger partial charge in [0.1, 0.15) is 5.75 Å². The quantitative estimate of drug-likeness (QED) is 0.247. The number of carbonyl (C=O) groups excluding carboxylic acids is 3. The molecule has 3 amide bonds. The molecule has 0 unspecified atom stereocenters. The molecule has 0 aliphatic carbocycles. The molecule has 0 saturated carbocycles. The molecule has 0 atom stereocenters. The second-order valence-electron chi connectivity index (χ2n) is 7.87. The monoisotopic (exact) mass is 512 g/mol. The molecule has 192 valence electrons. The molecule has 3 aromatic carbocycles. The first kappa shape index (κ1) is 26.9. The highest BCUT2D eigenvalue weighted by molar-refractivity contribution is 6.39. The number of halogens is 3. The molecule has 8 nitrogen and oxygen atoms in total. The summed E-state index contributed by atoms with van der Waals surface area (Å²) in [5.74, 6) is -2.40. The number of rotatable bonds is 7. The number of para-hydroxylation sites is 2. The van der Waals surface area contributed by atoms with Crippen molar-refractivity contribution in [3.05, 3.63) is 89.0 Å². The van der Waals surface area contributed by atoms with Crippen LogP contribution in [0.2, 0.25) is 0 Å². The van der Waals surface area contributed by atoms with Gasteiger partial charge in [0.25, 0.3) is 5.91 Å². The lowest BCUT2D eigenvalue weighted by atomic mass is 10.1. The van der Waals surface area contributed by atoms with Crippen LogP contribution in [-0.4, -0.2) is 30.5 Å². The summed E-state index contributed by atoms with van der Waals surface area (Å²) in [6, 6.07) is 16.3. The number of hydrazone groups is 1. The van der Waals surface area contributed by atoms with Crippen LogP contribution in [0.5, 0.6) is 5.75 Å². The zero-order valence-corrected chi connectivity index (χ0v) is 19.8. The number of amides is 3. The molecule has 3 aromatic rings. The predicted octanol–water partition coefficient (Wildman–Crippen LogP) is 4.43. The van der Waals surface area contributed by atoms with Crippen LogP contribution in [-0.2, 0) is 20.6 Å². The Balaban J connectivity index is 1.53. The van der Waals surface area contributed by atoms with E-state index in [0.29, 0.717) is 11.3 Å². The lowest BCUT2D eigenvalue weighted by Gasteiger charge is -2.13. The number of alkyl halides is 3. The van der Waals surface area contributed by atoms with Crippen molar-refractivity contribution in [1.29, 1.82) is 0 Å². The Hall–Kier alpha value is -4.67. The first-order chi connectivity index (χ1) is 17.5. The predicted molar refractivity (Wildman–Crippen MR) is 132 cm³/mol. The van der Waals surface area contributed by atoms with Crippen LogP contribution in [0, 0.1) is 13.8 Å². The zero-order chi connectivity index (χ0) is 27.0. The van der Waals surface area contributed by atoms with Crippen molar-refractivity contribution in [3.63, 3.8) is 0 Å². The molecule has 0 aromatic heterocycles. The van der Waals surface area contributed by atoms with E-state index in [0.717, 1.165) is 23.3 Å². The highest BCUT2D eigenvalue weighted by Crippen LogP contribution is 2.34. The largest absolute Gasteiger partial charge is 0.484 e. The fraction of sp³-hybridized carbons (Fsp3) is 0.154. The number of benzene rings is 3. The van der Waals surface area contributed by atoms with Gasteiger partial charge in [-0.15, -0.1) is 0 Å². The van der Waals surface area contributed by atoms with Gasteiger partial charge in [-0.05, 0) is 54.8 Å². The third kappa shape index (κ3) is 7.66. The SMILES string of the molecule is Cc1cccc(C)c1NC(=O)C(=O)N/N=C\c1cccc(OCC(=O)Nc2ccccc2C(F)(F)F)c1. The van der Waals surface area contributed by atoms with Crippen LogP contribution in [0.3, 0.4) is 0 Å². The van der Waals surface area contributed by atoms with Gasteiger partial charge in [0, 0.05) is 5.69 Å². The van der Waals surface area contributed by atoms with E-state index in [2.05, 4.69) is 21.2 Å². The topological polar surface area (TPSA) is 109 Å². The minimum absolute atomic E-state index is 0.238. The lowest BCUT2D eigenvalue weighted by molar-refractivity contribution is -0.137. The number of aryl methyl sites for hydroxylation is 2. The fourth-order valence-electron chi connectivity index (χ4n) is 3.26. The highest BCUT2D eigenvalue weighted by atomic mass is 19.4. The molecule has 0 saturated heterocycles. The molecule has 3 rings (SSSR count).